The second-order valence-corrected chi connectivity index (χ2v) is 3.39. The highest BCUT2D eigenvalue weighted by molar-refractivity contribution is 5.89. The first-order valence-electron chi connectivity index (χ1n) is 5.59. The van der Waals surface area contributed by atoms with Crippen molar-refractivity contribution in [2.45, 2.75) is 33.1 Å². The molecule has 3 nitrogen and oxygen atoms in total. The molecule has 1 aromatic rings. The molecule has 0 amide bonds. The number of hydrogen-bond donors (Lipinski definition) is 2. The molecule has 0 fully saturated rings. The van der Waals surface area contributed by atoms with Gasteiger partial charge in [-0.2, -0.15) is 0 Å². The van der Waals surface area contributed by atoms with Gasteiger partial charge in [-0.3, -0.25) is 0 Å². The number of rotatable bonds is 4. The van der Waals surface area contributed by atoms with Crippen LogP contribution in [0, 0.1) is 0 Å². The first-order chi connectivity index (χ1) is 7.67. The lowest BCUT2D eigenvalue weighted by atomic mass is 10.1. The topological polar surface area (TPSA) is 57.5 Å². The minimum absolute atomic E-state index is 0.344. The van der Waals surface area contributed by atoms with Gasteiger partial charge >= 0.3 is 5.97 Å². The number of hydrogen-bond acceptors (Lipinski definition) is 2. The summed E-state index contributed by atoms with van der Waals surface area (Å²) in [5.74, 6) is -0.845. The first kappa shape index (κ1) is 14.6. The Morgan fingerprint density at radius 2 is 1.88 bits per heavy atom. The van der Waals surface area contributed by atoms with Crippen LogP contribution >= 0.6 is 0 Å². The third-order valence-corrected chi connectivity index (χ3v) is 2.14. The van der Waals surface area contributed by atoms with E-state index in [1.807, 2.05) is 19.1 Å². The zero-order chi connectivity index (χ0) is 12.4. The van der Waals surface area contributed by atoms with Crippen LogP contribution in [0.2, 0.25) is 0 Å². The fourth-order valence-electron chi connectivity index (χ4n) is 1.20. The van der Waals surface area contributed by atoms with E-state index in [-0.39, 0.29) is 0 Å². The number of aliphatic hydroxyl groups is 1. The van der Waals surface area contributed by atoms with E-state index in [1.54, 1.807) is 12.1 Å². The molecule has 1 aromatic carbocycles. The average Bonchev–Trinajstić information content (AvgIpc) is 2.31. The predicted octanol–water partition coefficient (Wildman–Crippen LogP) is 2.73. The van der Waals surface area contributed by atoms with Crippen molar-refractivity contribution in [2.24, 2.45) is 0 Å². The summed E-state index contributed by atoms with van der Waals surface area (Å²) in [6.07, 6.45) is 2.80. The Kier molecular flexibility index (Phi) is 8.17. The second kappa shape index (κ2) is 8.92. The maximum absolute atomic E-state index is 10.6. The monoisotopic (exact) mass is 224 g/mol. The summed E-state index contributed by atoms with van der Waals surface area (Å²) in [7, 11) is 0. The maximum Gasteiger partial charge on any atom is 0.335 e. The Morgan fingerprint density at radius 3 is 2.19 bits per heavy atom. The minimum Gasteiger partial charge on any atom is -0.478 e. The fraction of sp³-hybridized carbons (Fsp3) is 0.462. The molecule has 0 radical (unpaired) electrons. The van der Waals surface area contributed by atoms with Crippen molar-refractivity contribution in [1.29, 1.82) is 0 Å². The molecule has 3 heteroatoms. The van der Waals surface area contributed by atoms with Gasteiger partial charge in [-0.15, -0.1) is 0 Å². The summed E-state index contributed by atoms with van der Waals surface area (Å²) < 4.78 is 0. The van der Waals surface area contributed by atoms with Gasteiger partial charge in [-0.25, -0.2) is 4.79 Å². The van der Waals surface area contributed by atoms with Gasteiger partial charge in [0.05, 0.1) is 5.56 Å². The lowest BCUT2D eigenvalue weighted by Crippen LogP contribution is -2.00. The predicted molar refractivity (Wildman–Crippen MR) is 64.8 cm³/mol. The highest BCUT2D eigenvalue weighted by Gasteiger charge is 2.05. The number of carboxylic acid groups (broad SMARTS) is 1. The van der Waals surface area contributed by atoms with Crippen LogP contribution in [0.1, 0.15) is 42.6 Å². The SMILES string of the molecule is CCCCO.CCc1ccccc1C(=O)O. The van der Waals surface area contributed by atoms with Crippen molar-refractivity contribution in [2.75, 3.05) is 6.61 Å². The molecule has 0 spiro atoms. The van der Waals surface area contributed by atoms with E-state index < -0.39 is 5.97 Å². The van der Waals surface area contributed by atoms with Gasteiger partial charge in [0.15, 0.2) is 0 Å². The number of benzene rings is 1. The van der Waals surface area contributed by atoms with Crippen LogP contribution in [0.5, 0.6) is 0 Å². The maximum atomic E-state index is 10.6. The zero-order valence-corrected chi connectivity index (χ0v) is 9.94. The fourth-order valence-corrected chi connectivity index (χ4v) is 1.20. The van der Waals surface area contributed by atoms with E-state index in [0.29, 0.717) is 12.2 Å². The van der Waals surface area contributed by atoms with Gasteiger partial charge in [0.2, 0.25) is 0 Å². The van der Waals surface area contributed by atoms with Gasteiger partial charge in [-0.05, 0) is 24.5 Å². The molecule has 0 aliphatic heterocycles. The van der Waals surface area contributed by atoms with Gasteiger partial charge in [-0.1, -0.05) is 38.5 Å². The number of aryl methyl sites for hydroxylation is 1. The van der Waals surface area contributed by atoms with Crippen LogP contribution in [0.15, 0.2) is 24.3 Å². The number of aliphatic hydroxyl groups excluding tert-OH is 1. The molecule has 16 heavy (non-hydrogen) atoms. The second-order valence-electron chi connectivity index (χ2n) is 3.39. The minimum atomic E-state index is -0.845. The Balaban J connectivity index is 0.000000385. The van der Waals surface area contributed by atoms with Gasteiger partial charge in [0, 0.05) is 6.61 Å². The molecule has 0 aliphatic carbocycles. The molecule has 0 aliphatic rings. The number of unbranched alkanes of at least 4 members (excludes halogenated alkanes) is 1. The highest BCUT2D eigenvalue weighted by Crippen LogP contribution is 2.08. The van der Waals surface area contributed by atoms with Crippen molar-refractivity contribution in [3.63, 3.8) is 0 Å². The Hall–Kier alpha value is -1.35. The summed E-state index contributed by atoms with van der Waals surface area (Å²) in [4.78, 5) is 10.6. The molecule has 2 N–H and O–H groups in total. The number of carboxylic acids is 1. The normalized spacial score (nSPS) is 9.19. The molecule has 0 bridgehead atoms. The first-order valence-corrected chi connectivity index (χ1v) is 5.59. The van der Waals surface area contributed by atoms with Crippen molar-refractivity contribution in [1.82, 2.24) is 0 Å². The molecule has 0 atom stereocenters. The Bertz CT molecular complexity index is 306. The Labute approximate surface area is 96.7 Å². The van der Waals surface area contributed by atoms with Crippen LogP contribution < -0.4 is 0 Å². The van der Waals surface area contributed by atoms with Crippen LogP contribution in [0.3, 0.4) is 0 Å². The molecule has 0 heterocycles. The Morgan fingerprint density at radius 1 is 1.25 bits per heavy atom. The van der Waals surface area contributed by atoms with E-state index >= 15 is 0 Å². The van der Waals surface area contributed by atoms with Crippen LogP contribution in [-0.2, 0) is 6.42 Å². The summed E-state index contributed by atoms with van der Waals surface area (Å²) in [5, 5.41) is 16.8. The average molecular weight is 224 g/mol. The van der Waals surface area contributed by atoms with E-state index in [0.717, 1.165) is 24.8 Å². The summed E-state index contributed by atoms with van der Waals surface area (Å²) in [6.45, 7) is 4.34. The van der Waals surface area contributed by atoms with E-state index in [1.165, 1.54) is 0 Å². The number of carbonyl (C=O) groups is 1. The summed E-state index contributed by atoms with van der Waals surface area (Å²) in [5.41, 5.74) is 1.30. The standard InChI is InChI=1S/C9H10O2.C4H10O/c1-2-7-5-3-4-6-8(7)9(10)11;1-2-3-4-5/h3-6H,2H2,1H3,(H,10,11);5H,2-4H2,1H3. The molecule has 0 aromatic heterocycles. The lowest BCUT2D eigenvalue weighted by molar-refractivity contribution is 0.0695. The zero-order valence-electron chi connectivity index (χ0n) is 9.94. The molecule has 90 valence electrons. The van der Waals surface area contributed by atoms with Crippen molar-refractivity contribution >= 4 is 5.97 Å². The lowest BCUT2D eigenvalue weighted by Gasteiger charge is -2.00. The largest absolute Gasteiger partial charge is 0.478 e. The van der Waals surface area contributed by atoms with Crippen LogP contribution in [-0.4, -0.2) is 22.8 Å². The van der Waals surface area contributed by atoms with E-state index in [2.05, 4.69) is 6.92 Å². The molecular weight excluding hydrogens is 204 g/mol. The van der Waals surface area contributed by atoms with Gasteiger partial charge in [0.25, 0.3) is 0 Å². The number of aromatic carboxylic acids is 1. The van der Waals surface area contributed by atoms with Crippen molar-refractivity contribution < 1.29 is 15.0 Å². The molecular formula is C13H20O3. The molecule has 0 unspecified atom stereocenters. The molecule has 0 saturated carbocycles. The van der Waals surface area contributed by atoms with Crippen molar-refractivity contribution in [3.05, 3.63) is 35.4 Å². The summed E-state index contributed by atoms with van der Waals surface area (Å²) >= 11 is 0. The van der Waals surface area contributed by atoms with Crippen LogP contribution in [0.4, 0.5) is 0 Å². The van der Waals surface area contributed by atoms with Gasteiger partial charge < -0.3 is 10.2 Å². The van der Waals surface area contributed by atoms with Gasteiger partial charge in [0.1, 0.15) is 0 Å². The smallest absolute Gasteiger partial charge is 0.335 e. The third-order valence-electron chi connectivity index (χ3n) is 2.14. The molecule has 0 saturated heterocycles. The van der Waals surface area contributed by atoms with E-state index in [9.17, 15) is 4.79 Å². The van der Waals surface area contributed by atoms with Crippen molar-refractivity contribution in [3.8, 4) is 0 Å². The summed E-state index contributed by atoms with van der Waals surface area (Å²) in [6, 6.07) is 7.05. The quantitative estimate of drug-likeness (QED) is 0.826. The highest BCUT2D eigenvalue weighted by atomic mass is 16.4. The van der Waals surface area contributed by atoms with E-state index in [4.69, 9.17) is 10.2 Å². The third kappa shape index (κ3) is 5.51. The van der Waals surface area contributed by atoms with Crippen LogP contribution in [0.25, 0.3) is 0 Å². The molecule has 1 rings (SSSR count).